The predicted molar refractivity (Wildman–Crippen MR) is 72.7 cm³/mol. The highest BCUT2D eigenvalue weighted by Crippen LogP contribution is 2.33. The first kappa shape index (κ1) is 14.0. The number of nitrogens with one attached hydrogen (secondary N) is 1. The molecule has 0 saturated heterocycles. The van der Waals surface area contributed by atoms with Gasteiger partial charge in [0.2, 0.25) is 5.91 Å². The summed E-state index contributed by atoms with van der Waals surface area (Å²) in [5, 5.41) is 12.5. The summed E-state index contributed by atoms with van der Waals surface area (Å²) >= 11 is 0. The molecule has 1 aromatic rings. The van der Waals surface area contributed by atoms with Crippen LogP contribution in [-0.2, 0) is 16.0 Å². The Hall–Kier alpha value is -1.39. The molecule has 4 heteroatoms. The molecule has 0 aliphatic heterocycles. The maximum absolute atomic E-state index is 11.8. The fourth-order valence-electron chi connectivity index (χ4n) is 2.63. The van der Waals surface area contributed by atoms with Crippen LogP contribution in [0.1, 0.15) is 30.5 Å². The molecule has 0 aromatic heterocycles. The molecule has 0 bridgehead atoms. The third kappa shape index (κ3) is 3.33. The molecule has 2 N–H and O–H groups in total. The quantitative estimate of drug-likeness (QED) is 0.845. The summed E-state index contributed by atoms with van der Waals surface area (Å²) in [6.45, 7) is 2.55. The lowest BCUT2D eigenvalue weighted by atomic mass is 9.80. The number of fused-ring (bicyclic) bond motifs is 1. The molecule has 1 aromatic carbocycles. The van der Waals surface area contributed by atoms with Crippen molar-refractivity contribution in [3.8, 4) is 0 Å². The molecule has 1 aliphatic carbocycles. The smallest absolute Gasteiger partial charge is 0.246 e. The van der Waals surface area contributed by atoms with Crippen molar-refractivity contribution in [2.75, 3.05) is 19.8 Å². The number of aliphatic hydroxyl groups is 1. The molecule has 2 atom stereocenters. The zero-order valence-corrected chi connectivity index (χ0v) is 11.3. The van der Waals surface area contributed by atoms with Crippen molar-refractivity contribution in [3.63, 3.8) is 0 Å². The standard InChI is InChI=1S/C15H21NO3/c1-2-19-10-14(18)16-15-12(9-17)8-7-11-5-3-4-6-13(11)15/h3-6,12,15,17H,2,7-10H2,1H3,(H,16,18)/t12-,15+/m1/s1. The van der Waals surface area contributed by atoms with Crippen LogP contribution in [0.15, 0.2) is 24.3 Å². The molecule has 0 fully saturated rings. The van der Waals surface area contributed by atoms with Crippen LogP contribution in [-0.4, -0.2) is 30.8 Å². The summed E-state index contributed by atoms with van der Waals surface area (Å²) < 4.78 is 5.12. The molecule has 4 nitrogen and oxygen atoms in total. The van der Waals surface area contributed by atoms with Crippen molar-refractivity contribution < 1.29 is 14.6 Å². The lowest BCUT2D eigenvalue weighted by Gasteiger charge is -2.33. The molecule has 0 heterocycles. The van der Waals surface area contributed by atoms with Crippen molar-refractivity contribution in [2.45, 2.75) is 25.8 Å². The van der Waals surface area contributed by atoms with Crippen LogP contribution in [0.5, 0.6) is 0 Å². The number of aliphatic hydroxyl groups excluding tert-OH is 1. The Morgan fingerprint density at radius 1 is 1.47 bits per heavy atom. The van der Waals surface area contributed by atoms with Crippen molar-refractivity contribution in [3.05, 3.63) is 35.4 Å². The van der Waals surface area contributed by atoms with Crippen molar-refractivity contribution in [1.29, 1.82) is 0 Å². The molecule has 0 unspecified atom stereocenters. The van der Waals surface area contributed by atoms with Gasteiger partial charge in [-0.15, -0.1) is 0 Å². The van der Waals surface area contributed by atoms with E-state index in [4.69, 9.17) is 4.74 Å². The Morgan fingerprint density at radius 2 is 2.26 bits per heavy atom. The van der Waals surface area contributed by atoms with Gasteiger partial charge in [0.1, 0.15) is 6.61 Å². The Bertz CT molecular complexity index is 433. The molecule has 0 saturated carbocycles. The zero-order valence-electron chi connectivity index (χ0n) is 11.3. The number of benzene rings is 1. The predicted octanol–water partition coefficient (Wildman–Crippen LogP) is 1.44. The molecule has 19 heavy (non-hydrogen) atoms. The first-order valence-electron chi connectivity index (χ1n) is 6.82. The second kappa shape index (κ2) is 6.68. The Labute approximate surface area is 113 Å². The average Bonchev–Trinajstić information content (AvgIpc) is 2.45. The number of rotatable bonds is 5. The van der Waals surface area contributed by atoms with E-state index < -0.39 is 0 Å². The van der Waals surface area contributed by atoms with Crippen LogP contribution in [0.2, 0.25) is 0 Å². The normalized spacial score (nSPS) is 21.8. The fourth-order valence-corrected chi connectivity index (χ4v) is 2.63. The monoisotopic (exact) mass is 263 g/mol. The van der Waals surface area contributed by atoms with E-state index in [0.29, 0.717) is 6.61 Å². The second-order valence-corrected chi connectivity index (χ2v) is 4.86. The van der Waals surface area contributed by atoms with Crippen molar-refractivity contribution in [2.24, 2.45) is 5.92 Å². The van der Waals surface area contributed by atoms with E-state index in [-0.39, 0.29) is 31.1 Å². The number of amides is 1. The maximum atomic E-state index is 11.8. The highest BCUT2D eigenvalue weighted by Gasteiger charge is 2.29. The molecule has 1 amide bonds. The molecular formula is C15H21NO3. The minimum absolute atomic E-state index is 0.0767. The number of carbonyl (C=O) groups excluding carboxylic acids is 1. The highest BCUT2D eigenvalue weighted by atomic mass is 16.5. The summed E-state index contributed by atoms with van der Waals surface area (Å²) in [6.07, 6.45) is 1.85. The SMILES string of the molecule is CCOCC(=O)N[C@@H]1c2ccccc2CC[C@@H]1CO. The van der Waals surface area contributed by atoms with Crippen LogP contribution < -0.4 is 5.32 Å². The lowest BCUT2D eigenvalue weighted by molar-refractivity contribution is -0.126. The van der Waals surface area contributed by atoms with Gasteiger partial charge in [-0.2, -0.15) is 0 Å². The maximum Gasteiger partial charge on any atom is 0.246 e. The second-order valence-electron chi connectivity index (χ2n) is 4.86. The van der Waals surface area contributed by atoms with E-state index in [1.165, 1.54) is 5.56 Å². The van der Waals surface area contributed by atoms with Crippen LogP contribution in [0.3, 0.4) is 0 Å². The third-order valence-electron chi connectivity index (χ3n) is 3.63. The van der Waals surface area contributed by atoms with Gasteiger partial charge >= 0.3 is 0 Å². The van der Waals surface area contributed by atoms with E-state index in [1.54, 1.807) is 0 Å². The minimum Gasteiger partial charge on any atom is -0.396 e. The number of ether oxygens (including phenoxy) is 1. The van der Waals surface area contributed by atoms with Crippen LogP contribution >= 0.6 is 0 Å². The van der Waals surface area contributed by atoms with Crippen LogP contribution in [0.25, 0.3) is 0 Å². The van der Waals surface area contributed by atoms with Gasteiger partial charge < -0.3 is 15.2 Å². The van der Waals surface area contributed by atoms with Gasteiger partial charge in [-0.25, -0.2) is 0 Å². The molecule has 1 aliphatic rings. The van der Waals surface area contributed by atoms with E-state index >= 15 is 0 Å². The van der Waals surface area contributed by atoms with Gasteiger partial charge in [0.25, 0.3) is 0 Å². The average molecular weight is 263 g/mol. The van der Waals surface area contributed by atoms with Gasteiger partial charge in [-0.3, -0.25) is 4.79 Å². The summed E-state index contributed by atoms with van der Waals surface area (Å²) in [5.41, 5.74) is 2.38. The topological polar surface area (TPSA) is 58.6 Å². The molecule has 104 valence electrons. The van der Waals surface area contributed by atoms with Gasteiger partial charge in [0.05, 0.1) is 6.04 Å². The van der Waals surface area contributed by atoms with Gasteiger partial charge in [0.15, 0.2) is 0 Å². The molecule has 2 rings (SSSR count). The highest BCUT2D eigenvalue weighted by molar-refractivity contribution is 5.77. The Morgan fingerprint density at radius 3 is 3.00 bits per heavy atom. The van der Waals surface area contributed by atoms with E-state index in [9.17, 15) is 9.90 Å². The summed E-state index contributed by atoms with van der Waals surface area (Å²) in [5.74, 6) is -0.0394. The summed E-state index contributed by atoms with van der Waals surface area (Å²) in [4.78, 5) is 11.8. The number of hydrogen-bond donors (Lipinski definition) is 2. The van der Waals surface area contributed by atoms with E-state index in [0.717, 1.165) is 18.4 Å². The molecule has 0 radical (unpaired) electrons. The summed E-state index contributed by atoms with van der Waals surface area (Å²) in [7, 11) is 0. The van der Waals surface area contributed by atoms with Crippen molar-refractivity contribution in [1.82, 2.24) is 5.32 Å². The zero-order chi connectivity index (χ0) is 13.7. The third-order valence-corrected chi connectivity index (χ3v) is 3.63. The van der Waals surface area contributed by atoms with Crippen molar-refractivity contribution >= 4 is 5.91 Å². The van der Waals surface area contributed by atoms with Crippen LogP contribution in [0.4, 0.5) is 0 Å². The van der Waals surface area contributed by atoms with Gasteiger partial charge in [0, 0.05) is 19.1 Å². The van der Waals surface area contributed by atoms with Crippen LogP contribution in [0, 0.1) is 5.92 Å². The number of hydrogen-bond acceptors (Lipinski definition) is 3. The molecular weight excluding hydrogens is 242 g/mol. The minimum atomic E-state index is -0.123. The number of carbonyl (C=O) groups is 1. The largest absolute Gasteiger partial charge is 0.396 e. The first-order chi connectivity index (χ1) is 9.26. The Balaban J connectivity index is 2.13. The fraction of sp³-hybridized carbons (Fsp3) is 0.533. The first-order valence-corrected chi connectivity index (χ1v) is 6.82. The molecule has 0 spiro atoms. The van der Waals surface area contributed by atoms with Gasteiger partial charge in [-0.1, -0.05) is 24.3 Å². The summed E-state index contributed by atoms with van der Waals surface area (Å²) in [6, 6.07) is 7.99. The lowest BCUT2D eigenvalue weighted by Crippen LogP contribution is -2.39. The number of aryl methyl sites for hydroxylation is 1. The van der Waals surface area contributed by atoms with E-state index in [2.05, 4.69) is 11.4 Å². The van der Waals surface area contributed by atoms with E-state index in [1.807, 2.05) is 25.1 Å². The Kier molecular flexibility index (Phi) is 4.93. The van der Waals surface area contributed by atoms with Gasteiger partial charge in [-0.05, 0) is 30.9 Å².